The molecule has 0 saturated heterocycles. The highest BCUT2D eigenvalue weighted by atomic mass is 15.0. The molecule has 0 atom stereocenters. The number of rotatable bonds is 0. The minimum atomic E-state index is 0.979. The molecule has 1 nitrogen and oxygen atoms in total. The lowest BCUT2D eigenvalue weighted by atomic mass is 10.3. The molecule has 1 aliphatic rings. The second-order valence-electron chi connectivity index (χ2n) is 1.92. The van der Waals surface area contributed by atoms with E-state index in [1.165, 1.54) is 5.69 Å². The third-order valence-electron chi connectivity index (χ3n) is 1.38. The maximum atomic E-state index is 3.11. The maximum absolute atomic E-state index is 3.11. The highest BCUT2D eigenvalue weighted by Crippen LogP contribution is 2.09. The van der Waals surface area contributed by atoms with E-state index in [0.29, 0.717) is 0 Å². The predicted molar refractivity (Wildman–Crippen MR) is 32.1 cm³/mol. The van der Waals surface area contributed by atoms with Crippen LogP contribution in [0.2, 0.25) is 0 Å². The lowest BCUT2D eigenvalue weighted by molar-refractivity contribution is 1.08. The van der Waals surface area contributed by atoms with Gasteiger partial charge < -0.3 is 4.57 Å². The van der Waals surface area contributed by atoms with Gasteiger partial charge in [-0.1, -0.05) is 0 Å². The molecule has 0 unspecified atom stereocenters. The van der Waals surface area contributed by atoms with E-state index in [0.717, 1.165) is 6.42 Å². The van der Waals surface area contributed by atoms with Gasteiger partial charge in [0.25, 0.3) is 0 Å². The zero-order valence-electron chi connectivity index (χ0n) is 4.46. The highest BCUT2D eigenvalue weighted by Gasteiger charge is 1.99. The maximum Gasteiger partial charge on any atom is 0.0265 e. The Kier molecular flexibility index (Phi) is 0.618. The first-order valence-corrected chi connectivity index (χ1v) is 2.69. The van der Waals surface area contributed by atoms with Crippen LogP contribution in [-0.4, -0.2) is 4.57 Å². The fraction of sp³-hybridized carbons (Fsp3) is 0.143. The Labute approximate surface area is 48.2 Å². The van der Waals surface area contributed by atoms with Crippen LogP contribution in [0, 0.1) is 6.08 Å². The Morgan fingerprint density at radius 1 is 1.62 bits per heavy atom. The smallest absolute Gasteiger partial charge is 0.0265 e. The van der Waals surface area contributed by atoms with E-state index in [9.17, 15) is 0 Å². The average Bonchev–Trinajstić information content (AvgIpc) is 2.15. The largest absolute Gasteiger partial charge is 0.327 e. The van der Waals surface area contributed by atoms with Crippen LogP contribution in [0.15, 0.2) is 18.3 Å². The molecule has 8 heavy (non-hydrogen) atoms. The third-order valence-corrected chi connectivity index (χ3v) is 1.38. The van der Waals surface area contributed by atoms with E-state index in [4.69, 9.17) is 0 Å². The van der Waals surface area contributed by atoms with Gasteiger partial charge in [0.05, 0.1) is 0 Å². The first-order chi connectivity index (χ1) is 3.97. The molecule has 0 N–H and O–H groups in total. The molecule has 1 aromatic rings. The lowest BCUT2D eigenvalue weighted by Crippen LogP contribution is -1.81. The van der Waals surface area contributed by atoms with E-state index >= 15 is 0 Å². The standard InChI is InChI=1S/C7H6N/c1-3-7-4-2-6-8(7)5-1/h1,3,5-6H,4H2. The molecule has 39 valence electrons. The van der Waals surface area contributed by atoms with Crippen molar-refractivity contribution >= 4 is 6.20 Å². The quantitative estimate of drug-likeness (QED) is 0.467. The van der Waals surface area contributed by atoms with Crippen LogP contribution in [0.5, 0.6) is 0 Å². The third kappa shape index (κ3) is 0.360. The molecule has 1 aromatic heterocycles. The summed E-state index contributed by atoms with van der Waals surface area (Å²) >= 11 is 0. The average molecular weight is 104 g/mol. The van der Waals surface area contributed by atoms with Crippen LogP contribution in [0.4, 0.5) is 0 Å². The molecule has 0 bridgehead atoms. The second-order valence-corrected chi connectivity index (χ2v) is 1.92. The van der Waals surface area contributed by atoms with E-state index in [2.05, 4.69) is 16.7 Å². The minimum Gasteiger partial charge on any atom is -0.327 e. The van der Waals surface area contributed by atoms with Crippen LogP contribution in [0.1, 0.15) is 5.69 Å². The molecule has 2 rings (SSSR count). The predicted octanol–water partition coefficient (Wildman–Crippen LogP) is 1.32. The summed E-state index contributed by atoms with van der Waals surface area (Å²) in [4.78, 5) is 0. The number of fused-ring (bicyclic) bond motifs is 1. The minimum absolute atomic E-state index is 0.979. The van der Waals surface area contributed by atoms with E-state index in [1.54, 1.807) is 0 Å². The molecule has 0 fully saturated rings. The Hall–Kier alpha value is -0.980. The Morgan fingerprint density at radius 3 is 3.50 bits per heavy atom. The van der Waals surface area contributed by atoms with Gasteiger partial charge in [0.2, 0.25) is 0 Å². The van der Waals surface area contributed by atoms with Crippen molar-refractivity contribution < 1.29 is 0 Å². The molecule has 0 aliphatic carbocycles. The summed E-state index contributed by atoms with van der Waals surface area (Å²) in [6.45, 7) is 0. The number of nitrogens with zero attached hydrogens (tertiary/aromatic N) is 1. The van der Waals surface area contributed by atoms with Crippen molar-refractivity contribution in [1.29, 1.82) is 0 Å². The van der Waals surface area contributed by atoms with Gasteiger partial charge in [0.1, 0.15) is 0 Å². The second kappa shape index (κ2) is 1.25. The van der Waals surface area contributed by atoms with E-state index < -0.39 is 0 Å². The summed E-state index contributed by atoms with van der Waals surface area (Å²) in [5.74, 6) is 0. The van der Waals surface area contributed by atoms with Crippen molar-refractivity contribution in [3.63, 3.8) is 0 Å². The van der Waals surface area contributed by atoms with Gasteiger partial charge in [0.15, 0.2) is 0 Å². The number of allylic oxidation sites excluding steroid dienone is 1. The molecule has 0 amide bonds. The number of aromatic nitrogens is 1. The Bertz CT molecular complexity index is 220. The molecule has 1 radical (unpaired) electrons. The van der Waals surface area contributed by atoms with E-state index in [-0.39, 0.29) is 0 Å². The number of hydrogen-bond donors (Lipinski definition) is 0. The zero-order valence-corrected chi connectivity index (χ0v) is 4.46. The van der Waals surface area contributed by atoms with Gasteiger partial charge in [0, 0.05) is 24.5 Å². The molecule has 1 aliphatic heterocycles. The molecule has 0 aromatic carbocycles. The monoisotopic (exact) mass is 104 g/mol. The summed E-state index contributed by atoms with van der Waals surface area (Å²) in [6.07, 6.45) is 8.09. The van der Waals surface area contributed by atoms with Crippen molar-refractivity contribution in [2.24, 2.45) is 0 Å². The van der Waals surface area contributed by atoms with E-state index in [1.807, 2.05) is 18.5 Å². The van der Waals surface area contributed by atoms with Crippen molar-refractivity contribution in [3.05, 3.63) is 30.1 Å². The highest BCUT2D eigenvalue weighted by molar-refractivity contribution is 5.32. The summed E-state index contributed by atoms with van der Waals surface area (Å²) in [5.41, 5.74) is 1.34. The SMILES string of the molecule is [C]1=Cn2cccc2C1. The van der Waals surface area contributed by atoms with Crippen molar-refractivity contribution in [3.8, 4) is 0 Å². The van der Waals surface area contributed by atoms with Gasteiger partial charge in [-0.3, -0.25) is 0 Å². The van der Waals surface area contributed by atoms with Gasteiger partial charge in [-0.25, -0.2) is 0 Å². The molecular weight excluding hydrogens is 98.1 g/mol. The van der Waals surface area contributed by atoms with Gasteiger partial charge in [-0.15, -0.1) is 0 Å². The van der Waals surface area contributed by atoms with Gasteiger partial charge in [-0.2, -0.15) is 0 Å². The normalized spacial score (nSPS) is 14.5. The van der Waals surface area contributed by atoms with Crippen LogP contribution >= 0.6 is 0 Å². The number of hydrogen-bond acceptors (Lipinski definition) is 0. The Balaban J connectivity index is 2.67. The van der Waals surface area contributed by atoms with Crippen LogP contribution in [0.3, 0.4) is 0 Å². The molecule has 0 saturated carbocycles. The van der Waals surface area contributed by atoms with Gasteiger partial charge in [-0.05, 0) is 18.2 Å². The summed E-state index contributed by atoms with van der Waals surface area (Å²) in [5, 5.41) is 0. The molecular formula is C7H6N. The van der Waals surface area contributed by atoms with Crippen LogP contribution in [-0.2, 0) is 6.42 Å². The Morgan fingerprint density at radius 2 is 2.62 bits per heavy atom. The lowest BCUT2D eigenvalue weighted by Gasteiger charge is -1.88. The summed E-state index contributed by atoms with van der Waals surface area (Å²) < 4.78 is 2.08. The topological polar surface area (TPSA) is 4.93 Å². The van der Waals surface area contributed by atoms with Crippen LogP contribution < -0.4 is 0 Å². The zero-order chi connectivity index (χ0) is 5.40. The summed E-state index contributed by atoms with van der Waals surface area (Å²) in [7, 11) is 0. The fourth-order valence-electron chi connectivity index (χ4n) is 0.953. The first-order valence-electron chi connectivity index (χ1n) is 2.69. The van der Waals surface area contributed by atoms with Crippen LogP contribution in [0.25, 0.3) is 6.20 Å². The summed E-state index contributed by atoms with van der Waals surface area (Å²) in [6, 6.07) is 4.16. The molecule has 0 spiro atoms. The van der Waals surface area contributed by atoms with Crippen molar-refractivity contribution in [1.82, 2.24) is 4.57 Å². The fourth-order valence-corrected chi connectivity index (χ4v) is 0.953. The van der Waals surface area contributed by atoms with Crippen molar-refractivity contribution in [2.45, 2.75) is 6.42 Å². The molecule has 2 heterocycles. The first kappa shape index (κ1) is 3.96. The van der Waals surface area contributed by atoms with Crippen molar-refractivity contribution in [2.75, 3.05) is 0 Å². The van der Waals surface area contributed by atoms with Gasteiger partial charge >= 0.3 is 0 Å². The molecule has 1 heteroatoms.